The van der Waals surface area contributed by atoms with Crippen molar-refractivity contribution in [1.29, 1.82) is 0 Å². The topological polar surface area (TPSA) is 49.4 Å². The van der Waals surface area contributed by atoms with E-state index in [9.17, 15) is 9.59 Å². The second-order valence-corrected chi connectivity index (χ2v) is 9.07. The van der Waals surface area contributed by atoms with Crippen LogP contribution in [0.4, 0.5) is 0 Å². The van der Waals surface area contributed by atoms with Crippen molar-refractivity contribution in [1.82, 2.24) is 10.2 Å². The van der Waals surface area contributed by atoms with Crippen LogP contribution in [0.15, 0.2) is 0 Å². The van der Waals surface area contributed by atoms with Crippen LogP contribution in [0.25, 0.3) is 0 Å². The van der Waals surface area contributed by atoms with Crippen LogP contribution in [0.1, 0.15) is 67.7 Å². The van der Waals surface area contributed by atoms with Crippen LogP contribution in [0.2, 0.25) is 0 Å². The number of nitrogens with zero attached hydrogens (tertiary/aromatic N) is 1. The second kappa shape index (κ2) is 4.72. The van der Waals surface area contributed by atoms with Gasteiger partial charge in [0.25, 0.3) is 0 Å². The van der Waals surface area contributed by atoms with Gasteiger partial charge in [-0.1, -0.05) is 27.7 Å². The Labute approximate surface area is 128 Å². The van der Waals surface area contributed by atoms with E-state index in [0.717, 1.165) is 19.3 Å². The SMILES string of the molecule is CC1C(=O)NC(C)(C)C(=O)N1C1CC(C)(C)CC(C)(C)C1. The first-order valence-electron chi connectivity index (χ1n) is 7.99. The number of carbonyl (C=O) groups excluding carboxylic acids is 2. The number of rotatable bonds is 1. The zero-order chi connectivity index (χ0) is 16.2. The van der Waals surface area contributed by atoms with Crippen molar-refractivity contribution in [3.8, 4) is 0 Å². The molecule has 1 unspecified atom stereocenters. The summed E-state index contributed by atoms with van der Waals surface area (Å²) in [6.07, 6.45) is 3.09. The van der Waals surface area contributed by atoms with Crippen molar-refractivity contribution in [2.75, 3.05) is 0 Å². The van der Waals surface area contributed by atoms with Gasteiger partial charge in [0.2, 0.25) is 11.8 Å². The highest BCUT2D eigenvalue weighted by Crippen LogP contribution is 2.48. The summed E-state index contributed by atoms with van der Waals surface area (Å²) < 4.78 is 0. The largest absolute Gasteiger partial charge is 0.340 e. The van der Waals surface area contributed by atoms with Crippen molar-refractivity contribution < 1.29 is 9.59 Å². The minimum Gasteiger partial charge on any atom is -0.340 e. The Morgan fingerprint density at radius 3 is 1.95 bits per heavy atom. The molecule has 0 spiro atoms. The van der Waals surface area contributed by atoms with Gasteiger partial charge in [-0.3, -0.25) is 9.59 Å². The lowest BCUT2D eigenvalue weighted by Gasteiger charge is -2.52. The molecule has 0 bridgehead atoms. The third-order valence-electron chi connectivity index (χ3n) is 4.93. The summed E-state index contributed by atoms with van der Waals surface area (Å²) in [5.74, 6) is 0.00823. The van der Waals surface area contributed by atoms with Gasteiger partial charge < -0.3 is 10.2 Å². The van der Waals surface area contributed by atoms with Crippen molar-refractivity contribution in [2.24, 2.45) is 10.8 Å². The summed E-state index contributed by atoms with van der Waals surface area (Å²) in [5.41, 5.74) is -0.399. The Morgan fingerprint density at radius 1 is 1.00 bits per heavy atom. The fraction of sp³-hybridized carbons (Fsp3) is 0.882. The fourth-order valence-corrected chi connectivity index (χ4v) is 4.56. The van der Waals surface area contributed by atoms with Crippen LogP contribution in [0.3, 0.4) is 0 Å². The van der Waals surface area contributed by atoms with E-state index in [0.29, 0.717) is 0 Å². The summed E-state index contributed by atoms with van der Waals surface area (Å²) >= 11 is 0. The molecule has 1 saturated carbocycles. The normalized spacial score (nSPS) is 32.0. The van der Waals surface area contributed by atoms with Crippen molar-refractivity contribution in [3.63, 3.8) is 0 Å². The van der Waals surface area contributed by atoms with Gasteiger partial charge in [-0.25, -0.2) is 0 Å². The Bertz CT molecular complexity index is 449. The monoisotopic (exact) mass is 294 g/mol. The van der Waals surface area contributed by atoms with Crippen LogP contribution in [0, 0.1) is 10.8 Å². The van der Waals surface area contributed by atoms with Crippen LogP contribution in [0.5, 0.6) is 0 Å². The molecule has 1 heterocycles. The van der Waals surface area contributed by atoms with Gasteiger partial charge in [-0.05, 0) is 50.9 Å². The third-order valence-corrected chi connectivity index (χ3v) is 4.93. The molecule has 2 rings (SSSR count). The van der Waals surface area contributed by atoms with E-state index in [2.05, 4.69) is 33.0 Å². The number of carbonyl (C=O) groups is 2. The van der Waals surface area contributed by atoms with Gasteiger partial charge in [-0.15, -0.1) is 0 Å². The van der Waals surface area contributed by atoms with E-state index < -0.39 is 5.54 Å². The van der Waals surface area contributed by atoms with Crippen molar-refractivity contribution in [3.05, 3.63) is 0 Å². The summed E-state index contributed by atoms with van der Waals surface area (Å²) in [4.78, 5) is 26.9. The van der Waals surface area contributed by atoms with Gasteiger partial charge in [-0.2, -0.15) is 0 Å². The maximum atomic E-state index is 12.8. The highest BCUT2D eigenvalue weighted by molar-refractivity contribution is 5.99. The van der Waals surface area contributed by atoms with Gasteiger partial charge >= 0.3 is 0 Å². The number of hydrogen-bond donors (Lipinski definition) is 1. The van der Waals surface area contributed by atoms with Crippen LogP contribution in [-0.2, 0) is 9.59 Å². The van der Waals surface area contributed by atoms with E-state index in [-0.39, 0.29) is 34.7 Å². The molecule has 1 saturated heterocycles. The Morgan fingerprint density at radius 2 is 1.48 bits per heavy atom. The molecule has 120 valence electrons. The molecular formula is C17H30N2O2. The standard InChI is InChI=1S/C17H30N2O2/c1-11-13(20)18-17(6,7)14(21)19(11)12-8-15(2,3)10-16(4,5)9-12/h11-12H,8-10H2,1-7H3,(H,18,20). The number of nitrogens with one attached hydrogen (secondary N) is 1. The summed E-state index contributed by atoms with van der Waals surface area (Å²) in [6, 6.07) is -0.225. The zero-order valence-corrected chi connectivity index (χ0v) is 14.5. The van der Waals surface area contributed by atoms with Crippen LogP contribution < -0.4 is 5.32 Å². The maximum Gasteiger partial charge on any atom is 0.248 e. The van der Waals surface area contributed by atoms with Gasteiger partial charge in [0.05, 0.1) is 0 Å². The average molecular weight is 294 g/mol. The highest BCUT2D eigenvalue weighted by Gasteiger charge is 2.49. The molecule has 0 aromatic carbocycles. The number of amides is 2. The van der Waals surface area contributed by atoms with Gasteiger partial charge in [0.15, 0.2) is 0 Å². The predicted molar refractivity (Wildman–Crippen MR) is 83.7 cm³/mol. The third kappa shape index (κ3) is 3.09. The lowest BCUT2D eigenvalue weighted by Crippen LogP contribution is -2.70. The second-order valence-electron chi connectivity index (χ2n) is 9.07. The molecule has 0 aromatic rings. The molecule has 1 aliphatic carbocycles. The van der Waals surface area contributed by atoms with Crippen LogP contribution >= 0.6 is 0 Å². The molecule has 2 fully saturated rings. The number of piperazine rings is 1. The van der Waals surface area contributed by atoms with Gasteiger partial charge in [0, 0.05) is 6.04 Å². The van der Waals surface area contributed by atoms with E-state index in [1.165, 1.54) is 0 Å². The Hall–Kier alpha value is -1.06. The minimum absolute atomic E-state index is 0.0409. The Balaban J connectivity index is 2.34. The molecular weight excluding hydrogens is 264 g/mol. The molecule has 1 aliphatic heterocycles. The molecule has 21 heavy (non-hydrogen) atoms. The van der Waals surface area contributed by atoms with E-state index in [4.69, 9.17) is 0 Å². The molecule has 4 nitrogen and oxygen atoms in total. The zero-order valence-electron chi connectivity index (χ0n) is 14.5. The predicted octanol–water partition coefficient (Wildman–Crippen LogP) is 2.72. The van der Waals surface area contributed by atoms with E-state index in [1.807, 2.05) is 11.8 Å². The summed E-state index contributed by atoms with van der Waals surface area (Å²) in [5, 5.41) is 2.84. The molecule has 2 aliphatic rings. The first-order chi connectivity index (χ1) is 9.35. The molecule has 4 heteroatoms. The molecule has 1 N–H and O–H groups in total. The fourth-order valence-electron chi connectivity index (χ4n) is 4.56. The van der Waals surface area contributed by atoms with Crippen molar-refractivity contribution in [2.45, 2.75) is 85.4 Å². The lowest BCUT2D eigenvalue weighted by molar-refractivity contribution is -0.158. The first kappa shape index (κ1) is 16.3. The van der Waals surface area contributed by atoms with E-state index >= 15 is 0 Å². The smallest absolute Gasteiger partial charge is 0.248 e. The maximum absolute atomic E-state index is 12.8. The van der Waals surface area contributed by atoms with E-state index in [1.54, 1.807) is 13.8 Å². The quantitative estimate of drug-likeness (QED) is 0.808. The molecule has 0 aromatic heterocycles. The minimum atomic E-state index is -0.796. The van der Waals surface area contributed by atoms with Crippen molar-refractivity contribution >= 4 is 11.8 Å². The summed E-state index contributed by atoms with van der Waals surface area (Å²) in [7, 11) is 0. The Kier molecular flexibility index (Phi) is 3.67. The highest BCUT2D eigenvalue weighted by atomic mass is 16.2. The van der Waals surface area contributed by atoms with Crippen LogP contribution in [-0.4, -0.2) is 34.3 Å². The lowest BCUT2D eigenvalue weighted by atomic mass is 9.63. The molecule has 2 amide bonds. The van der Waals surface area contributed by atoms with Gasteiger partial charge in [0.1, 0.15) is 11.6 Å². The molecule has 0 radical (unpaired) electrons. The number of hydrogen-bond acceptors (Lipinski definition) is 2. The average Bonchev–Trinajstić information content (AvgIpc) is 2.22. The first-order valence-corrected chi connectivity index (χ1v) is 7.99. The molecule has 1 atom stereocenters. The summed E-state index contributed by atoms with van der Waals surface area (Å²) in [6.45, 7) is 14.5.